The van der Waals surface area contributed by atoms with Gasteiger partial charge in [-0.25, -0.2) is 0 Å². The third-order valence-corrected chi connectivity index (χ3v) is 4.48. The number of ether oxygens (including phenoxy) is 1. The summed E-state index contributed by atoms with van der Waals surface area (Å²) in [5.41, 5.74) is 3.91. The molecule has 6 nitrogen and oxygen atoms in total. The molecule has 1 aliphatic heterocycles. The van der Waals surface area contributed by atoms with Gasteiger partial charge in [0.2, 0.25) is 0 Å². The van der Waals surface area contributed by atoms with Crippen molar-refractivity contribution in [1.82, 2.24) is 15.1 Å². The number of hydrogen-bond acceptors (Lipinski definition) is 6. The number of benzene rings is 2. The number of anilines is 2. The zero-order chi connectivity index (χ0) is 17.8. The van der Waals surface area contributed by atoms with Gasteiger partial charge >= 0.3 is 0 Å². The molecule has 0 unspecified atom stereocenters. The van der Waals surface area contributed by atoms with Gasteiger partial charge in [-0.05, 0) is 23.8 Å². The van der Waals surface area contributed by atoms with Crippen LogP contribution in [0.5, 0.6) is 0 Å². The Hall–Kier alpha value is -3.01. The van der Waals surface area contributed by atoms with Gasteiger partial charge in [0.15, 0.2) is 5.69 Å². The highest BCUT2D eigenvalue weighted by atomic mass is 16.5. The number of nitrogens with one attached hydrogen (secondary N) is 1. The molecular weight excluding hydrogens is 326 g/mol. The van der Waals surface area contributed by atoms with E-state index in [1.807, 2.05) is 36.4 Å². The lowest BCUT2D eigenvalue weighted by molar-refractivity contribution is 0.0342. The molecule has 4 rings (SSSR count). The van der Waals surface area contributed by atoms with E-state index in [0.717, 1.165) is 49.4 Å². The van der Waals surface area contributed by atoms with Gasteiger partial charge in [0.05, 0.1) is 24.4 Å². The second-order valence-corrected chi connectivity index (χ2v) is 6.27. The lowest BCUT2D eigenvalue weighted by Gasteiger charge is -2.26. The largest absolute Gasteiger partial charge is 0.379 e. The Morgan fingerprint density at radius 2 is 1.92 bits per heavy atom. The molecular formula is C20H19N5O. The summed E-state index contributed by atoms with van der Waals surface area (Å²) in [5.74, 6) is 0. The molecule has 1 fully saturated rings. The molecule has 0 bridgehead atoms. The molecule has 1 saturated heterocycles. The summed E-state index contributed by atoms with van der Waals surface area (Å²) in [5, 5.41) is 21.8. The van der Waals surface area contributed by atoms with Crippen molar-refractivity contribution in [2.75, 3.05) is 31.6 Å². The van der Waals surface area contributed by atoms with Crippen LogP contribution in [0.3, 0.4) is 0 Å². The van der Waals surface area contributed by atoms with Crippen LogP contribution in [-0.2, 0) is 11.3 Å². The van der Waals surface area contributed by atoms with Crippen LogP contribution in [0, 0.1) is 11.3 Å². The van der Waals surface area contributed by atoms with E-state index in [1.165, 1.54) is 5.56 Å². The van der Waals surface area contributed by atoms with Gasteiger partial charge < -0.3 is 10.1 Å². The van der Waals surface area contributed by atoms with Crippen LogP contribution in [-0.4, -0.2) is 41.4 Å². The molecule has 2 aromatic carbocycles. The monoisotopic (exact) mass is 345 g/mol. The summed E-state index contributed by atoms with van der Waals surface area (Å²) in [4.78, 5) is 2.38. The molecule has 0 saturated carbocycles. The average molecular weight is 345 g/mol. The zero-order valence-electron chi connectivity index (χ0n) is 14.4. The smallest absolute Gasteiger partial charge is 0.187 e. The summed E-state index contributed by atoms with van der Waals surface area (Å²) in [7, 11) is 0. The van der Waals surface area contributed by atoms with Crippen LogP contribution < -0.4 is 5.32 Å². The number of nitrogens with zero attached hydrogens (tertiary/aromatic N) is 4. The second kappa shape index (κ2) is 7.48. The van der Waals surface area contributed by atoms with Gasteiger partial charge in [-0.15, -0.1) is 10.2 Å². The number of rotatable bonds is 4. The Morgan fingerprint density at radius 3 is 2.77 bits per heavy atom. The first kappa shape index (κ1) is 16.5. The number of hydrogen-bond donors (Lipinski definition) is 1. The molecule has 26 heavy (non-hydrogen) atoms. The Labute approximate surface area is 152 Å². The fourth-order valence-electron chi connectivity index (χ4n) is 3.17. The van der Waals surface area contributed by atoms with Gasteiger partial charge in [-0.3, -0.25) is 4.90 Å². The Morgan fingerprint density at radius 1 is 1.08 bits per heavy atom. The van der Waals surface area contributed by atoms with Crippen LogP contribution in [0.1, 0.15) is 11.3 Å². The Kier molecular flexibility index (Phi) is 4.73. The van der Waals surface area contributed by atoms with Gasteiger partial charge in [-0.2, -0.15) is 5.26 Å². The van der Waals surface area contributed by atoms with Crippen LogP contribution in [0.25, 0.3) is 10.9 Å². The third kappa shape index (κ3) is 3.49. The van der Waals surface area contributed by atoms with Crippen LogP contribution >= 0.6 is 0 Å². The number of fused-ring (bicyclic) bond motifs is 1. The fraction of sp³-hybridized carbons (Fsp3) is 0.250. The van der Waals surface area contributed by atoms with Crippen molar-refractivity contribution in [2.24, 2.45) is 0 Å². The van der Waals surface area contributed by atoms with Gasteiger partial charge in [0, 0.05) is 30.7 Å². The third-order valence-electron chi connectivity index (χ3n) is 4.48. The molecule has 2 heterocycles. The minimum absolute atomic E-state index is 0.294. The van der Waals surface area contributed by atoms with Crippen molar-refractivity contribution in [3.05, 3.63) is 59.8 Å². The second-order valence-electron chi connectivity index (χ2n) is 6.27. The standard InChI is InChI=1S/C20H19N5O/c21-13-19-20(17-6-1-2-7-18(17)23-24-19)22-16-5-3-4-15(12-16)14-25-8-10-26-11-9-25/h1-7,12H,8-11,14H2,(H,22,23). The Balaban J connectivity index is 1.62. The highest BCUT2D eigenvalue weighted by molar-refractivity contribution is 5.94. The van der Waals surface area contributed by atoms with E-state index < -0.39 is 0 Å². The maximum atomic E-state index is 9.42. The lowest BCUT2D eigenvalue weighted by atomic mass is 10.1. The topological polar surface area (TPSA) is 74.1 Å². The summed E-state index contributed by atoms with van der Waals surface area (Å²) < 4.78 is 5.41. The average Bonchev–Trinajstić information content (AvgIpc) is 2.69. The predicted octanol–water partition coefficient (Wildman–Crippen LogP) is 3.08. The number of nitriles is 1. The number of morpholine rings is 1. The van der Waals surface area contributed by atoms with E-state index in [1.54, 1.807) is 0 Å². The normalized spacial score (nSPS) is 14.9. The summed E-state index contributed by atoms with van der Waals surface area (Å²) in [6.07, 6.45) is 0. The maximum absolute atomic E-state index is 9.42. The first-order valence-electron chi connectivity index (χ1n) is 8.65. The van der Waals surface area contributed by atoms with Gasteiger partial charge in [0.1, 0.15) is 6.07 Å². The van der Waals surface area contributed by atoms with Crippen molar-refractivity contribution in [2.45, 2.75) is 6.54 Å². The Bertz CT molecular complexity index is 960. The van der Waals surface area contributed by atoms with E-state index >= 15 is 0 Å². The van der Waals surface area contributed by atoms with Crippen LogP contribution in [0.2, 0.25) is 0 Å². The molecule has 1 aliphatic rings. The minimum atomic E-state index is 0.294. The molecule has 1 N–H and O–H groups in total. The maximum Gasteiger partial charge on any atom is 0.187 e. The summed E-state index contributed by atoms with van der Waals surface area (Å²) in [6, 6.07) is 18.1. The summed E-state index contributed by atoms with van der Waals surface area (Å²) >= 11 is 0. The van der Waals surface area contributed by atoms with E-state index in [0.29, 0.717) is 11.4 Å². The van der Waals surface area contributed by atoms with Gasteiger partial charge in [0.25, 0.3) is 0 Å². The van der Waals surface area contributed by atoms with Crippen molar-refractivity contribution >= 4 is 22.3 Å². The van der Waals surface area contributed by atoms with E-state index in [9.17, 15) is 5.26 Å². The molecule has 6 heteroatoms. The molecule has 0 aliphatic carbocycles. The highest BCUT2D eigenvalue weighted by Gasteiger charge is 2.13. The molecule has 0 amide bonds. The van der Waals surface area contributed by atoms with Crippen molar-refractivity contribution < 1.29 is 4.74 Å². The number of aromatic nitrogens is 2. The van der Waals surface area contributed by atoms with Crippen molar-refractivity contribution in [1.29, 1.82) is 5.26 Å². The minimum Gasteiger partial charge on any atom is -0.379 e. The van der Waals surface area contributed by atoms with Crippen molar-refractivity contribution in [3.63, 3.8) is 0 Å². The zero-order valence-corrected chi connectivity index (χ0v) is 14.4. The van der Waals surface area contributed by atoms with Crippen molar-refractivity contribution in [3.8, 4) is 6.07 Å². The molecule has 0 radical (unpaired) electrons. The summed E-state index contributed by atoms with van der Waals surface area (Å²) in [6.45, 7) is 4.37. The van der Waals surface area contributed by atoms with Gasteiger partial charge in [-0.1, -0.05) is 30.3 Å². The van der Waals surface area contributed by atoms with E-state index in [2.05, 4.69) is 38.6 Å². The van der Waals surface area contributed by atoms with Crippen LogP contribution in [0.4, 0.5) is 11.4 Å². The molecule has 130 valence electrons. The molecule has 0 atom stereocenters. The fourth-order valence-corrected chi connectivity index (χ4v) is 3.17. The lowest BCUT2D eigenvalue weighted by Crippen LogP contribution is -2.35. The van der Waals surface area contributed by atoms with Crippen LogP contribution in [0.15, 0.2) is 48.5 Å². The SMILES string of the molecule is N#Cc1nnc2ccccc2c1Nc1cccc(CN2CCOCC2)c1. The quantitative estimate of drug-likeness (QED) is 0.783. The highest BCUT2D eigenvalue weighted by Crippen LogP contribution is 2.27. The van der Waals surface area contributed by atoms with E-state index in [4.69, 9.17) is 4.74 Å². The first-order valence-corrected chi connectivity index (χ1v) is 8.65. The molecule has 0 spiro atoms. The first-order chi connectivity index (χ1) is 12.8. The predicted molar refractivity (Wildman–Crippen MR) is 100 cm³/mol. The van der Waals surface area contributed by atoms with E-state index in [-0.39, 0.29) is 0 Å². The molecule has 1 aromatic heterocycles. The molecule has 3 aromatic rings.